The fourth-order valence-corrected chi connectivity index (χ4v) is 3.59. The first-order valence-electron chi connectivity index (χ1n) is 5.99. The molecule has 3 heteroatoms. The highest BCUT2D eigenvalue weighted by atomic mass is 32.1. The van der Waals surface area contributed by atoms with Crippen molar-refractivity contribution in [2.45, 2.75) is 24.4 Å². The average Bonchev–Trinajstić information content (AvgIpc) is 3.06. The molecule has 2 aromatic rings. The second-order valence-corrected chi connectivity index (χ2v) is 5.64. The van der Waals surface area contributed by atoms with Crippen LogP contribution in [-0.2, 0) is 11.8 Å². The summed E-state index contributed by atoms with van der Waals surface area (Å²) in [5.41, 5.74) is 1.41. The Labute approximate surface area is 110 Å². The summed E-state index contributed by atoms with van der Waals surface area (Å²) < 4.78 is 0. The minimum atomic E-state index is -0.776. The SMILES string of the molecule is N#CC1(C(O)c2cccs2)CCc2ccccc21. The van der Waals surface area contributed by atoms with E-state index in [4.69, 9.17) is 0 Å². The fourth-order valence-electron chi connectivity index (χ4n) is 2.79. The maximum atomic E-state index is 10.6. The Kier molecular flexibility index (Phi) is 2.70. The van der Waals surface area contributed by atoms with Crippen molar-refractivity contribution in [3.63, 3.8) is 0 Å². The van der Waals surface area contributed by atoms with Crippen molar-refractivity contribution < 1.29 is 5.11 Å². The Morgan fingerprint density at radius 2 is 2.11 bits per heavy atom. The number of aliphatic hydroxyl groups excluding tert-OH is 1. The van der Waals surface area contributed by atoms with Crippen LogP contribution >= 0.6 is 11.3 Å². The molecule has 1 heterocycles. The van der Waals surface area contributed by atoms with Gasteiger partial charge in [-0.25, -0.2) is 0 Å². The Bertz CT molecular complexity index is 599. The van der Waals surface area contributed by atoms with Crippen LogP contribution in [0.4, 0.5) is 0 Å². The van der Waals surface area contributed by atoms with Crippen LogP contribution in [0.1, 0.15) is 28.5 Å². The van der Waals surface area contributed by atoms with E-state index in [0.717, 1.165) is 16.9 Å². The zero-order chi connectivity index (χ0) is 12.6. The van der Waals surface area contributed by atoms with Gasteiger partial charge in [-0.1, -0.05) is 30.3 Å². The van der Waals surface area contributed by atoms with E-state index in [-0.39, 0.29) is 0 Å². The molecule has 1 aliphatic rings. The third-order valence-corrected chi connectivity index (χ3v) is 4.69. The quantitative estimate of drug-likeness (QED) is 0.895. The summed E-state index contributed by atoms with van der Waals surface area (Å²) in [5, 5.41) is 22.2. The number of thiophene rings is 1. The number of nitrogens with zero attached hydrogens (tertiary/aromatic N) is 1. The monoisotopic (exact) mass is 255 g/mol. The van der Waals surface area contributed by atoms with Gasteiger partial charge in [0, 0.05) is 4.88 Å². The molecule has 2 nitrogen and oxygen atoms in total. The molecule has 0 aliphatic heterocycles. The molecule has 0 saturated carbocycles. The summed E-state index contributed by atoms with van der Waals surface area (Å²) >= 11 is 1.51. The van der Waals surface area contributed by atoms with Crippen LogP contribution in [0.3, 0.4) is 0 Å². The fraction of sp³-hybridized carbons (Fsp3) is 0.267. The summed E-state index contributed by atoms with van der Waals surface area (Å²) in [6, 6.07) is 14.1. The van der Waals surface area contributed by atoms with Gasteiger partial charge in [0.1, 0.15) is 11.5 Å². The van der Waals surface area contributed by atoms with E-state index in [1.807, 2.05) is 35.7 Å². The number of hydrogen-bond donors (Lipinski definition) is 1. The Hall–Kier alpha value is -1.63. The van der Waals surface area contributed by atoms with Crippen molar-refractivity contribution in [1.82, 2.24) is 0 Å². The van der Waals surface area contributed by atoms with Gasteiger partial charge in [0.05, 0.1) is 6.07 Å². The molecule has 0 spiro atoms. The lowest BCUT2D eigenvalue weighted by Crippen LogP contribution is -2.29. The first-order chi connectivity index (χ1) is 8.78. The number of fused-ring (bicyclic) bond motifs is 1. The number of rotatable bonds is 2. The minimum absolute atomic E-state index is 0.696. The number of hydrogen-bond acceptors (Lipinski definition) is 3. The summed E-state index contributed by atoms with van der Waals surface area (Å²) in [4.78, 5) is 0.869. The van der Waals surface area contributed by atoms with Gasteiger partial charge in [0.15, 0.2) is 0 Å². The normalized spacial score (nSPS) is 23.3. The molecule has 2 unspecified atom stereocenters. The molecule has 1 aromatic heterocycles. The van der Waals surface area contributed by atoms with E-state index >= 15 is 0 Å². The van der Waals surface area contributed by atoms with E-state index in [1.54, 1.807) is 0 Å². The summed E-state index contributed by atoms with van der Waals surface area (Å²) in [6.07, 6.45) is 0.833. The minimum Gasteiger partial charge on any atom is -0.386 e. The third kappa shape index (κ3) is 1.50. The lowest BCUT2D eigenvalue weighted by atomic mass is 9.77. The maximum absolute atomic E-state index is 10.6. The van der Waals surface area contributed by atoms with Crippen LogP contribution in [0.2, 0.25) is 0 Å². The van der Waals surface area contributed by atoms with Crippen molar-refractivity contribution in [2.75, 3.05) is 0 Å². The van der Waals surface area contributed by atoms with Crippen LogP contribution in [0.25, 0.3) is 0 Å². The van der Waals surface area contributed by atoms with Gasteiger partial charge in [0.2, 0.25) is 0 Å². The van der Waals surface area contributed by atoms with Crippen LogP contribution < -0.4 is 0 Å². The van der Waals surface area contributed by atoms with E-state index in [9.17, 15) is 10.4 Å². The molecule has 1 aromatic carbocycles. The highest BCUT2D eigenvalue weighted by Crippen LogP contribution is 2.47. The Morgan fingerprint density at radius 3 is 2.83 bits per heavy atom. The Balaban J connectivity index is 2.11. The molecule has 1 aliphatic carbocycles. The molecule has 0 bridgehead atoms. The van der Waals surface area contributed by atoms with Crippen LogP contribution in [0.5, 0.6) is 0 Å². The molecular weight excluding hydrogens is 242 g/mol. The largest absolute Gasteiger partial charge is 0.386 e. The predicted molar refractivity (Wildman–Crippen MR) is 71.3 cm³/mol. The average molecular weight is 255 g/mol. The lowest BCUT2D eigenvalue weighted by molar-refractivity contribution is 0.114. The topological polar surface area (TPSA) is 44.0 Å². The van der Waals surface area contributed by atoms with Crippen molar-refractivity contribution in [1.29, 1.82) is 5.26 Å². The third-order valence-electron chi connectivity index (χ3n) is 3.77. The number of nitriles is 1. The Morgan fingerprint density at radius 1 is 1.28 bits per heavy atom. The lowest BCUT2D eigenvalue weighted by Gasteiger charge is -2.27. The molecule has 0 amide bonds. The van der Waals surface area contributed by atoms with Crippen LogP contribution in [0.15, 0.2) is 41.8 Å². The van der Waals surface area contributed by atoms with E-state index in [0.29, 0.717) is 6.42 Å². The molecule has 90 valence electrons. The highest BCUT2D eigenvalue weighted by molar-refractivity contribution is 7.10. The number of aryl methyl sites for hydroxylation is 1. The van der Waals surface area contributed by atoms with Crippen molar-refractivity contribution >= 4 is 11.3 Å². The zero-order valence-electron chi connectivity index (χ0n) is 9.84. The molecule has 18 heavy (non-hydrogen) atoms. The maximum Gasteiger partial charge on any atom is 0.114 e. The van der Waals surface area contributed by atoms with Gasteiger partial charge in [-0.15, -0.1) is 11.3 Å². The van der Waals surface area contributed by atoms with Gasteiger partial charge in [-0.2, -0.15) is 5.26 Å². The highest BCUT2D eigenvalue weighted by Gasteiger charge is 2.46. The second kappa shape index (κ2) is 4.24. The summed E-state index contributed by atoms with van der Waals surface area (Å²) in [7, 11) is 0. The molecular formula is C15H13NOS. The second-order valence-electron chi connectivity index (χ2n) is 4.66. The van der Waals surface area contributed by atoms with Crippen molar-refractivity contribution in [3.05, 3.63) is 57.8 Å². The first-order valence-corrected chi connectivity index (χ1v) is 6.87. The molecule has 2 atom stereocenters. The zero-order valence-corrected chi connectivity index (χ0v) is 10.7. The van der Waals surface area contributed by atoms with Gasteiger partial charge in [-0.3, -0.25) is 0 Å². The summed E-state index contributed by atoms with van der Waals surface area (Å²) in [6.45, 7) is 0. The predicted octanol–water partition coefficient (Wildman–Crippen LogP) is 3.19. The molecule has 1 N–H and O–H groups in total. The van der Waals surface area contributed by atoms with Gasteiger partial charge in [-0.05, 0) is 35.4 Å². The van der Waals surface area contributed by atoms with Gasteiger partial charge < -0.3 is 5.11 Å². The van der Waals surface area contributed by atoms with E-state index < -0.39 is 11.5 Å². The smallest absolute Gasteiger partial charge is 0.114 e. The number of benzene rings is 1. The summed E-state index contributed by atoms with van der Waals surface area (Å²) in [5.74, 6) is 0. The molecule has 0 fully saturated rings. The van der Waals surface area contributed by atoms with Crippen molar-refractivity contribution in [3.8, 4) is 6.07 Å². The molecule has 0 radical (unpaired) electrons. The van der Waals surface area contributed by atoms with Crippen molar-refractivity contribution in [2.24, 2.45) is 0 Å². The van der Waals surface area contributed by atoms with E-state index in [2.05, 4.69) is 12.1 Å². The van der Waals surface area contributed by atoms with Gasteiger partial charge in [0.25, 0.3) is 0 Å². The molecule has 0 saturated heterocycles. The van der Waals surface area contributed by atoms with Crippen LogP contribution in [0, 0.1) is 11.3 Å². The number of aliphatic hydroxyl groups is 1. The van der Waals surface area contributed by atoms with Gasteiger partial charge >= 0.3 is 0 Å². The van der Waals surface area contributed by atoms with E-state index in [1.165, 1.54) is 16.9 Å². The molecule has 3 rings (SSSR count). The standard InChI is InChI=1S/C15H13NOS/c16-10-15(14(17)13-6-3-9-18-13)8-7-11-4-1-2-5-12(11)15/h1-6,9,14,17H,7-8H2. The first kappa shape index (κ1) is 11.5. The van der Waals surface area contributed by atoms with Crippen LogP contribution in [-0.4, -0.2) is 5.11 Å².